The Morgan fingerprint density at radius 1 is 1.12 bits per heavy atom. The predicted octanol–water partition coefficient (Wildman–Crippen LogP) is 4.67. The Morgan fingerprint density at radius 2 is 1.82 bits per heavy atom. The fraction of sp³-hybridized carbons (Fsp3) is 0.435. The Hall–Kier alpha value is -1.91. The van der Waals surface area contributed by atoms with Gasteiger partial charge in [-0.3, -0.25) is 0 Å². The minimum atomic E-state index is -3.12. The van der Waals surface area contributed by atoms with E-state index in [-0.39, 0.29) is 12.1 Å². The second-order valence-electron chi connectivity index (χ2n) is 8.59. The number of sulfonamides is 1. The Balaban J connectivity index is 1.08. The zero-order chi connectivity index (χ0) is 23.0. The van der Waals surface area contributed by atoms with Gasteiger partial charge in [0.05, 0.1) is 21.5 Å². The lowest BCUT2D eigenvalue weighted by atomic mass is 10.00. The van der Waals surface area contributed by atoms with Crippen LogP contribution in [0.15, 0.2) is 42.5 Å². The van der Waals surface area contributed by atoms with E-state index in [9.17, 15) is 8.42 Å². The Labute approximate surface area is 202 Å². The summed E-state index contributed by atoms with van der Waals surface area (Å²) in [6, 6.07) is 13.7. The van der Waals surface area contributed by atoms with Crippen LogP contribution in [0.5, 0.6) is 16.7 Å². The number of benzene rings is 2. The van der Waals surface area contributed by atoms with Crippen molar-refractivity contribution >= 4 is 43.2 Å². The Kier molecular flexibility index (Phi) is 6.50. The molecule has 33 heavy (non-hydrogen) atoms. The maximum absolute atomic E-state index is 12.0. The minimum absolute atomic E-state index is 0.135. The van der Waals surface area contributed by atoms with Crippen molar-refractivity contribution in [2.75, 3.05) is 19.4 Å². The predicted molar refractivity (Wildman–Crippen MR) is 131 cm³/mol. The highest BCUT2D eigenvalue weighted by Gasteiger charge is 2.44. The van der Waals surface area contributed by atoms with Gasteiger partial charge in [-0.1, -0.05) is 29.0 Å². The van der Waals surface area contributed by atoms with Crippen LogP contribution >= 0.6 is 22.9 Å². The monoisotopic (exact) mass is 507 g/mol. The molecule has 3 aromatic rings. The molecule has 2 aliphatic heterocycles. The minimum Gasteiger partial charge on any atom is -0.492 e. The van der Waals surface area contributed by atoms with E-state index in [2.05, 4.69) is 10.3 Å². The molecule has 7 nitrogen and oxygen atoms in total. The maximum atomic E-state index is 12.0. The van der Waals surface area contributed by atoms with Crippen molar-refractivity contribution in [3.05, 3.63) is 47.5 Å². The molecule has 1 N–H and O–H groups in total. The molecule has 10 heteroatoms. The smallest absolute Gasteiger partial charge is 0.279 e. The molecule has 1 aromatic heterocycles. The number of aromatic nitrogens is 1. The molecule has 3 heterocycles. The van der Waals surface area contributed by atoms with Crippen LogP contribution in [0, 0.1) is 0 Å². The summed E-state index contributed by atoms with van der Waals surface area (Å²) in [5.74, 6) is 1.45. The van der Waals surface area contributed by atoms with E-state index < -0.39 is 10.0 Å². The highest BCUT2D eigenvalue weighted by Crippen LogP contribution is 2.38. The van der Waals surface area contributed by atoms with Gasteiger partial charge in [-0.2, -0.15) is 4.31 Å². The molecule has 2 atom stereocenters. The van der Waals surface area contributed by atoms with Crippen molar-refractivity contribution in [3.8, 4) is 16.7 Å². The van der Waals surface area contributed by atoms with Crippen molar-refractivity contribution in [1.82, 2.24) is 14.6 Å². The van der Waals surface area contributed by atoms with Gasteiger partial charge < -0.3 is 14.8 Å². The molecule has 0 saturated carbocycles. The molecule has 2 aromatic carbocycles. The van der Waals surface area contributed by atoms with Crippen molar-refractivity contribution in [3.63, 3.8) is 0 Å². The van der Waals surface area contributed by atoms with Crippen molar-refractivity contribution in [2.24, 2.45) is 0 Å². The zero-order valence-corrected chi connectivity index (χ0v) is 20.6. The third kappa shape index (κ3) is 5.12. The van der Waals surface area contributed by atoms with E-state index in [0.29, 0.717) is 35.2 Å². The largest absolute Gasteiger partial charge is 0.492 e. The lowest BCUT2D eigenvalue weighted by Gasteiger charge is -2.37. The summed E-state index contributed by atoms with van der Waals surface area (Å²) in [5, 5.41) is 4.76. The van der Waals surface area contributed by atoms with Crippen LogP contribution in [0.3, 0.4) is 0 Å². The number of piperidine rings is 1. The van der Waals surface area contributed by atoms with E-state index in [0.717, 1.165) is 41.6 Å². The second-order valence-corrected chi connectivity index (χ2v) is 11.8. The molecule has 5 rings (SSSR count). The SMILES string of the molecule is CS(=O)(=O)N1C2CCC1CC(NCCOc1ccc(Oc3nc4cccc(Cl)c4s3)cc1)C2. The van der Waals surface area contributed by atoms with E-state index in [1.54, 1.807) is 4.31 Å². The first-order valence-corrected chi connectivity index (χ1v) is 14.1. The van der Waals surface area contributed by atoms with E-state index in [4.69, 9.17) is 21.1 Å². The first-order chi connectivity index (χ1) is 15.9. The summed E-state index contributed by atoms with van der Waals surface area (Å²) in [5.41, 5.74) is 0.824. The third-order valence-electron chi connectivity index (χ3n) is 6.23. The zero-order valence-electron chi connectivity index (χ0n) is 18.2. The van der Waals surface area contributed by atoms with Crippen molar-refractivity contribution < 1.29 is 17.9 Å². The van der Waals surface area contributed by atoms with Crippen LogP contribution in [0.4, 0.5) is 0 Å². The molecule has 0 amide bonds. The first kappa shape index (κ1) is 22.9. The Morgan fingerprint density at radius 3 is 2.48 bits per heavy atom. The lowest BCUT2D eigenvalue weighted by Crippen LogP contribution is -2.51. The number of thiazole rings is 1. The van der Waals surface area contributed by atoms with Gasteiger partial charge in [0.25, 0.3) is 5.19 Å². The van der Waals surface area contributed by atoms with Crippen LogP contribution in [-0.2, 0) is 10.0 Å². The first-order valence-electron chi connectivity index (χ1n) is 11.0. The lowest BCUT2D eigenvalue weighted by molar-refractivity contribution is 0.201. The summed E-state index contributed by atoms with van der Waals surface area (Å²) in [7, 11) is -3.12. The number of halogens is 1. The quantitative estimate of drug-likeness (QED) is 0.446. The average Bonchev–Trinajstić information content (AvgIpc) is 3.31. The summed E-state index contributed by atoms with van der Waals surface area (Å²) >= 11 is 7.63. The van der Waals surface area contributed by atoms with Gasteiger partial charge in [0, 0.05) is 24.7 Å². The van der Waals surface area contributed by atoms with Crippen LogP contribution in [0.1, 0.15) is 25.7 Å². The fourth-order valence-electron chi connectivity index (χ4n) is 4.92. The van der Waals surface area contributed by atoms with Gasteiger partial charge in [-0.15, -0.1) is 0 Å². The number of fused-ring (bicyclic) bond motifs is 3. The molecule has 2 fully saturated rings. The number of hydrogen-bond acceptors (Lipinski definition) is 7. The van der Waals surface area contributed by atoms with Crippen molar-refractivity contribution in [2.45, 2.75) is 43.8 Å². The molecular formula is C23H26ClN3O4S2. The van der Waals surface area contributed by atoms with Crippen LogP contribution in [-0.4, -0.2) is 55.2 Å². The van der Waals surface area contributed by atoms with Gasteiger partial charge in [0.1, 0.15) is 18.1 Å². The van der Waals surface area contributed by atoms with Gasteiger partial charge >= 0.3 is 0 Å². The van der Waals surface area contributed by atoms with Gasteiger partial charge in [0.15, 0.2) is 0 Å². The second kappa shape index (κ2) is 9.38. The molecular weight excluding hydrogens is 482 g/mol. The standard InChI is InChI=1S/C23H26ClN3O4S2/c1-33(28,29)27-16-5-6-17(27)14-15(13-16)25-11-12-30-18-7-9-19(10-8-18)31-23-26-21-4-2-3-20(24)22(21)32-23/h2-4,7-10,15-17,25H,5-6,11-14H2,1H3. The van der Waals surface area contributed by atoms with E-state index in [1.807, 2.05) is 42.5 Å². The van der Waals surface area contributed by atoms with Gasteiger partial charge in [-0.05, 0) is 62.1 Å². The Bertz CT molecular complexity index is 1220. The fourth-order valence-corrected chi connectivity index (χ4v) is 7.51. The topological polar surface area (TPSA) is 80.8 Å². The molecule has 2 unspecified atom stereocenters. The molecule has 0 radical (unpaired) electrons. The third-order valence-corrected chi connectivity index (χ3v) is 9.00. The number of rotatable bonds is 8. The molecule has 0 spiro atoms. The summed E-state index contributed by atoms with van der Waals surface area (Å²) in [4.78, 5) is 4.47. The average molecular weight is 508 g/mol. The van der Waals surface area contributed by atoms with Gasteiger partial charge in [-0.25, -0.2) is 13.4 Å². The molecule has 176 valence electrons. The van der Waals surface area contributed by atoms with Gasteiger partial charge in [0.2, 0.25) is 10.0 Å². The molecule has 0 aliphatic carbocycles. The number of hydrogen-bond donors (Lipinski definition) is 1. The van der Waals surface area contributed by atoms with E-state index in [1.165, 1.54) is 17.6 Å². The summed E-state index contributed by atoms with van der Waals surface area (Å²) in [6.45, 7) is 1.26. The molecule has 2 saturated heterocycles. The molecule has 2 aliphatic rings. The maximum Gasteiger partial charge on any atom is 0.279 e. The van der Waals surface area contributed by atoms with Crippen LogP contribution in [0.2, 0.25) is 5.02 Å². The number of nitrogens with zero attached hydrogens (tertiary/aromatic N) is 2. The normalized spacial score (nSPS) is 23.2. The van der Waals surface area contributed by atoms with Crippen LogP contribution < -0.4 is 14.8 Å². The highest BCUT2D eigenvalue weighted by atomic mass is 35.5. The van der Waals surface area contributed by atoms with E-state index >= 15 is 0 Å². The summed E-state index contributed by atoms with van der Waals surface area (Å²) < 4.78 is 38.4. The number of nitrogens with one attached hydrogen (secondary N) is 1. The van der Waals surface area contributed by atoms with Crippen LogP contribution in [0.25, 0.3) is 10.2 Å². The summed E-state index contributed by atoms with van der Waals surface area (Å²) in [6.07, 6.45) is 4.99. The number of ether oxygens (including phenoxy) is 2. The molecule has 2 bridgehead atoms. The highest BCUT2D eigenvalue weighted by molar-refractivity contribution is 7.88. The van der Waals surface area contributed by atoms with Crippen molar-refractivity contribution in [1.29, 1.82) is 0 Å².